The van der Waals surface area contributed by atoms with Crippen LogP contribution in [0.3, 0.4) is 0 Å². The van der Waals surface area contributed by atoms with Crippen LogP contribution in [0.2, 0.25) is 0 Å². The summed E-state index contributed by atoms with van der Waals surface area (Å²) < 4.78 is 5.38. The Kier molecular flexibility index (Phi) is 3.62. The average Bonchev–Trinajstić information content (AvgIpc) is 2.33. The van der Waals surface area contributed by atoms with Crippen molar-refractivity contribution in [3.63, 3.8) is 0 Å². The summed E-state index contributed by atoms with van der Waals surface area (Å²) in [6, 6.07) is 6.60. The lowest BCUT2D eigenvalue weighted by atomic mass is 9.85. The number of benzene rings is 1. The minimum atomic E-state index is 0.170. The van der Waals surface area contributed by atoms with Crippen molar-refractivity contribution in [1.82, 2.24) is 0 Å². The van der Waals surface area contributed by atoms with E-state index in [4.69, 9.17) is 10.5 Å². The molecular formula is C14H21NO. The van der Waals surface area contributed by atoms with E-state index < -0.39 is 0 Å². The van der Waals surface area contributed by atoms with Crippen LogP contribution in [0, 0.1) is 19.8 Å². The third-order valence-corrected chi connectivity index (χ3v) is 3.78. The van der Waals surface area contributed by atoms with Crippen LogP contribution in [0.5, 0.6) is 0 Å². The summed E-state index contributed by atoms with van der Waals surface area (Å²) in [7, 11) is 0. The smallest absolute Gasteiger partial charge is 0.0469 e. The van der Waals surface area contributed by atoms with Crippen molar-refractivity contribution in [2.75, 3.05) is 13.2 Å². The Morgan fingerprint density at radius 2 is 1.94 bits per heavy atom. The van der Waals surface area contributed by atoms with Crippen molar-refractivity contribution in [3.8, 4) is 0 Å². The molecule has 0 aromatic heterocycles. The highest BCUT2D eigenvalue weighted by molar-refractivity contribution is 5.35. The molecule has 0 unspecified atom stereocenters. The SMILES string of the molecule is Cc1cccc([C@@H](N)C2CCOCC2)c1C. The molecule has 1 aromatic carbocycles. The van der Waals surface area contributed by atoms with Gasteiger partial charge in [-0.3, -0.25) is 0 Å². The Balaban J connectivity index is 2.19. The van der Waals surface area contributed by atoms with Gasteiger partial charge in [0.2, 0.25) is 0 Å². The van der Waals surface area contributed by atoms with Crippen molar-refractivity contribution in [2.45, 2.75) is 32.7 Å². The molecule has 16 heavy (non-hydrogen) atoms. The maximum Gasteiger partial charge on any atom is 0.0469 e. The van der Waals surface area contributed by atoms with Crippen molar-refractivity contribution < 1.29 is 4.74 Å². The normalized spacial score (nSPS) is 19.7. The molecule has 88 valence electrons. The predicted octanol–water partition coefficient (Wildman–Crippen LogP) is 2.73. The third-order valence-electron chi connectivity index (χ3n) is 3.78. The van der Waals surface area contributed by atoms with Gasteiger partial charge in [0.1, 0.15) is 0 Å². The van der Waals surface area contributed by atoms with Gasteiger partial charge < -0.3 is 10.5 Å². The zero-order chi connectivity index (χ0) is 11.5. The Morgan fingerprint density at radius 1 is 1.25 bits per heavy atom. The maximum atomic E-state index is 6.38. The van der Waals surface area contributed by atoms with Crippen LogP contribution < -0.4 is 5.73 Å². The molecular weight excluding hydrogens is 198 g/mol. The standard InChI is InChI=1S/C14H21NO/c1-10-4-3-5-13(11(10)2)14(15)12-6-8-16-9-7-12/h3-5,12,14H,6-9,15H2,1-2H3/t14-/m0/s1. The highest BCUT2D eigenvalue weighted by Crippen LogP contribution is 2.30. The molecule has 1 saturated heterocycles. The Bertz CT molecular complexity index is 356. The minimum absolute atomic E-state index is 0.170. The Hall–Kier alpha value is -0.860. The van der Waals surface area contributed by atoms with Crippen molar-refractivity contribution in [1.29, 1.82) is 0 Å². The van der Waals surface area contributed by atoms with E-state index in [1.807, 2.05) is 0 Å². The van der Waals surface area contributed by atoms with Crippen LogP contribution in [0.1, 0.15) is 35.6 Å². The van der Waals surface area contributed by atoms with Crippen molar-refractivity contribution in [3.05, 3.63) is 34.9 Å². The lowest BCUT2D eigenvalue weighted by Crippen LogP contribution is -2.28. The fraction of sp³-hybridized carbons (Fsp3) is 0.571. The lowest BCUT2D eigenvalue weighted by molar-refractivity contribution is 0.0583. The van der Waals surface area contributed by atoms with E-state index in [0.717, 1.165) is 26.1 Å². The quantitative estimate of drug-likeness (QED) is 0.830. The molecule has 0 aliphatic carbocycles. The van der Waals surface area contributed by atoms with Gasteiger partial charge in [0, 0.05) is 19.3 Å². The van der Waals surface area contributed by atoms with E-state index in [0.29, 0.717) is 5.92 Å². The van der Waals surface area contributed by atoms with Crippen LogP contribution in [0.4, 0.5) is 0 Å². The molecule has 2 heteroatoms. The van der Waals surface area contributed by atoms with Gasteiger partial charge in [-0.25, -0.2) is 0 Å². The summed E-state index contributed by atoms with van der Waals surface area (Å²) in [5, 5.41) is 0. The first-order valence-electron chi connectivity index (χ1n) is 6.09. The molecule has 0 bridgehead atoms. The predicted molar refractivity (Wildman–Crippen MR) is 66.4 cm³/mol. The van der Waals surface area contributed by atoms with E-state index in [9.17, 15) is 0 Å². The number of rotatable bonds is 2. The van der Waals surface area contributed by atoms with Gasteiger partial charge in [-0.2, -0.15) is 0 Å². The van der Waals surface area contributed by atoms with Gasteiger partial charge in [-0.1, -0.05) is 18.2 Å². The zero-order valence-electron chi connectivity index (χ0n) is 10.2. The van der Waals surface area contributed by atoms with Crippen LogP contribution >= 0.6 is 0 Å². The molecule has 1 aromatic rings. The zero-order valence-corrected chi connectivity index (χ0v) is 10.2. The van der Waals surface area contributed by atoms with Crippen LogP contribution in [0.15, 0.2) is 18.2 Å². The molecule has 1 atom stereocenters. The monoisotopic (exact) mass is 219 g/mol. The minimum Gasteiger partial charge on any atom is -0.381 e. The average molecular weight is 219 g/mol. The lowest BCUT2D eigenvalue weighted by Gasteiger charge is -2.29. The maximum absolute atomic E-state index is 6.38. The second-order valence-corrected chi connectivity index (χ2v) is 4.76. The van der Waals surface area contributed by atoms with Crippen LogP contribution in [-0.4, -0.2) is 13.2 Å². The summed E-state index contributed by atoms with van der Waals surface area (Å²) >= 11 is 0. The van der Waals surface area contributed by atoms with Gasteiger partial charge in [-0.05, 0) is 49.3 Å². The highest BCUT2D eigenvalue weighted by atomic mass is 16.5. The molecule has 1 aliphatic rings. The van der Waals surface area contributed by atoms with Gasteiger partial charge in [0.05, 0.1) is 0 Å². The first-order valence-corrected chi connectivity index (χ1v) is 6.09. The van der Waals surface area contributed by atoms with Crippen molar-refractivity contribution >= 4 is 0 Å². The molecule has 1 fully saturated rings. The van der Waals surface area contributed by atoms with Gasteiger partial charge in [0.15, 0.2) is 0 Å². The summed E-state index contributed by atoms with van der Waals surface area (Å²) in [4.78, 5) is 0. The van der Waals surface area contributed by atoms with Crippen LogP contribution in [0.25, 0.3) is 0 Å². The second kappa shape index (κ2) is 4.98. The first-order chi connectivity index (χ1) is 7.70. The largest absolute Gasteiger partial charge is 0.381 e. The van der Waals surface area contributed by atoms with Crippen molar-refractivity contribution in [2.24, 2.45) is 11.7 Å². The Morgan fingerprint density at radius 3 is 2.62 bits per heavy atom. The molecule has 2 rings (SSSR count). The van der Waals surface area contributed by atoms with E-state index >= 15 is 0 Å². The fourth-order valence-electron chi connectivity index (χ4n) is 2.46. The van der Waals surface area contributed by atoms with E-state index in [1.54, 1.807) is 0 Å². The van der Waals surface area contributed by atoms with Gasteiger partial charge in [0.25, 0.3) is 0 Å². The number of nitrogens with two attached hydrogens (primary N) is 1. The summed E-state index contributed by atoms with van der Waals surface area (Å²) in [5.74, 6) is 0.578. The topological polar surface area (TPSA) is 35.2 Å². The first kappa shape index (κ1) is 11.6. The molecule has 0 amide bonds. The number of hydrogen-bond donors (Lipinski definition) is 1. The molecule has 2 nitrogen and oxygen atoms in total. The fourth-order valence-corrected chi connectivity index (χ4v) is 2.46. The molecule has 0 spiro atoms. The summed E-state index contributed by atoms with van der Waals surface area (Å²) in [5.41, 5.74) is 10.4. The highest BCUT2D eigenvalue weighted by Gasteiger charge is 2.23. The van der Waals surface area contributed by atoms with Crippen LogP contribution in [-0.2, 0) is 4.74 Å². The molecule has 1 aliphatic heterocycles. The molecule has 1 heterocycles. The van der Waals surface area contributed by atoms with E-state index in [-0.39, 0.29) is 6.04 Å². The number of ether oxygens (including phenoxy) is 1. The molecule has 0 radical (unpaired) electrons. The molecule has 2 N–H and O–H groups in total. The number of hydrogen-bond acceptors (Lipinski definition) is 2. The summed E-state index contributed by atoms with van der Waals surface area (Å²) in [6.45, 7) is 6.05. The molecule has 0 saturated carbocycles. The van der Waals surface area contributed by atoms with E-state index in [1.165, 1.54) is 16.7 Å². The van der Waals surface area contributed by atoms with E-state index in [2.05, 4.69) is 32.0 Å². The number of aryl methyl sites for hydroxylation is 1. The third kappa shape index (κ3) is 2.28. The van der Waals surface area contributed by atoms with Gasteiger partial charge >= 0.3 is 0 Å². The second-order valence-electron chi connectivity index (χ2n) is 4.76. The van der Waals surface area contributed by atoms with Gasteiger partial charge in [-0.15, -0.1) is 0 Å². The summed E-state index contributed by atoms with van der Waals surface area (Å²) in [6.07, 6.45) is 2.18. The Labute approximate surface area is 97.8 Å².